The van der Waals surface area contributed by atoms with Crippen LogP contribution in [0.25, 0.3) is 0 Å². The molecule has 0 aliphatic rings. The molecule has 0 saturated heterocycles. The van der Waals surface area contributed by atoms with Crippen molar-refractivity contribution in [3.05, 3.63) is 29.8 Å². The topological polar surface area (TPSA) is 35.2 Å². The van der Waals surface area contributed by atoms with E-state index in [0.29, 0.717) is 5.92 Å². The molecule has 1 rings (SSSR count). The lowest BCUT2D eigenvalue weighted by molar-refractivity contribution is 0.242. The zero-order chi connectivity index (χ0) is 14.3. The SMILES string of the molecule is CC(C)CC[C@@H](CCN)c1ccc(OC(C)C)cc1. The molecule has 2 nitrogen and oxygen atoms in total. The van der Waals surface area contributed by atoms with Crippen molar-refractivity contribution < 1.29 is 4.74 Å². The Morgan fingerprint density at radius 3 is 2.05 bits per heavy atom. The summed E-state index contributed by atoms with van der Waals surface area (Å²) in [4.78, 5) is 0. The molecule has 0 saturated carbocycles. The molecule has 0 fully saturated rings. The molecule has 0 radical (unpaired) electrons. The van der Waals surface area contributed by atoms with Crippen LogP contribution in [0.3, 0.4) is 0 Å². The van der Waals surface area contributed by atoms with Crippen LogP contribution in [0.5, 0.6) is 5.75 Å². The molecule has 0 aliphatic heterocycles. The van der Waals surface area contributed by atoms with E-state index in [0.717, 1.165) is 24.6 Å². The van der Waals surface area contributed by atoms with Gasteiger partial charge in [0, 0.05) is 0 Å². The number of hydrogen-bond donors (Lipinski definition) is 1. The second-order valence-corrected chi connectivity index (χ2v) is 5.98. The Morgan fingerprint density at radius 2 is 1.58 bits per heavy atom. The zero-order valence-electron chi connectivity index (χ0n) is 12.9. The third-order valence-corrected chi connectivity index (χ3v) is 3.33. The summed E-state index contributed by atoms with van der Waals surface area (Å²) in [5.74, 6) is 2.29. The summed E-state index contributed by atoms with van der Waals surface area (Å²) in [6.07, 6.45) is 3.78. The molecular weight excluding hydrogens is 234 g/mol. The first-order valence-corrected chi connectivity index (χ1v) is 7.49. The minimum absolute atomic E-state index is 0.228. The van der Waals surface area contributed by atoms with Crippen LogP contribution >= 0.6 is 0 Å². The highest BCUT2D eigenvalue weighted by Crippen LogP contribution is 2.28. The van der Waals surface area contributed by atoms with E-state index in [1.165, 1.54) is 18.4 Å². The van der Waals surface area contributed by atoms with Gasteiger partial charge in [-0.3, -0.25) is 0 Å². The van der Waals surface area contributed by atoms with Crippen LogP contribution in [0, 0.1) is 5.92 Å². The fourth-order valence-corrected chi connectivity index (χ4v) is 2.30. The number of nitrogens with two attached hydrogens (primary N) is 1. The maximum absolute atomic E-state index is 5.74. The van der Waals surface area contributed by atoms with E-state index in [-0.39, 0.29) is 6.10 Å². The number of benzene rings is 1. The van der Waals surface area contributed by atoms with Crippen LogP contribution in [0.2, 0.25) is 0 Å². The number of rotatable bonds is 8. The van der Waals surface area contributed by atoms with E-state index in [1.807, 2.05) is 13.8 Å². The van der Waals surface area contributed by atoms with Gasteiger partial charge in [0.2, 0.25) is 0 Å². The molecule has 2 N–H and O–H groups in total. The molecule has 0 spiro atoms. The van der Waals surface area contributed by atoms with Gasteiger partial charge in [-0.2, -0.15) is 0 Å². The highest BCUT2D eigenvalue weighted by atomic mass is 16.5. The lowest BCUT2D eigenvalue weighted by Crippen LogP contribution is -2.09. The molecule has 19 heavy (non-hydrogen) atoms. The first-order valence-electron chi connectivity index (χ1n) is 7.49. The average molecular weight is 263 g/mol. The Bertz CT molecular complexity index is 343. The smallest absolute Gasteiger partial charge is 0.119 e. The minimum atomic E-state index is 0.228. The molecule has 2 heteroatoms. The molecule has 1 atom stereocenters. The van der Waals surface area contributed by atoms with Crippen molar-refractivity contribution in [3.8, 4) is 5.75 Å². The largest absolute Gasteiger partial charge is 0.491 e. The Kier molecular flexibility index (Phi) is 6.93. The quantitative estimate of drug-likeness (QED) is 0.757. The number of hydrogen-bond acceptors (Lipinski definition) is 2. The number of ether oxygens (including phenoxy) is 1. The van der Waals surface area contributed by atoms with Crippen LogP contribution in [0.1, 0.15) is 58.4 Å². The van der Waals surface area contributed by atoms with E-state index in [2.05, 4.69) is 38.1 Å². The van der Waals surface area contributed by atoms with Gasteiger partial charge >= 0.3 is 0 Å². The van der Waals surface area contributed by atoms with E-state index < -0.39 is 0 Å². The lowest BCUT2D eigenvalue weighted by atomic mass is 9.89. The third-order valence-electron chi connectivity index (χ3n) is 3.33. The summed E-state index contributed by atoms with van der Waals surface area (Å²) < 4.78 is 5.68. The van der Waals surface area contributed by atoms with E-state index in [1.54, 1.807) is 0 Å². The predicted molar refractivity (Wildman–Crippen MR) is 82.7 cm³/mol. The van der Waals surface area contributed by atoms with Crippen LogP contribution in [0.4, 0.5) is 0 Å². The second-order valence-electron chi connectivity index (χ2n) is 5.98. The summed E-state index contributed by atoms with van der Waals surface area (Å²) in [6, 6.07) is 8.54. The van der Waals surface area contributed by atoms with Crippen LogP contribution in [-0.2, 0) is 0 Å². The van der Waals surface area contributed by atoms with Crippen molar-refractivity contribution in [2.24, 2.45) is 11.7 Å². The van der Waals surface area contributed by atoms with Gasteiger partial charge in [0.25, 0.3) is 0 Å². The van der Waals surface area contributed by atoms with Crippen molar-refractivity contribution in [1.29, 1.82) is 0 Å². The maximum Gasteiger partial charge on any atom is 0.119 e. The predicted octanol–water partition coefficient (Wildman–Crippen LogP) is 4.34. The molecular formula is C17H29NO. The summed E-state index contributed by atoms with van der Waals surface area (Å²) in [5.41, 5.74) is 7.14. The van der Waals surface area contributed by atoms with Crippen LogP contribution in [-0.4, -0.2) is 12.6 Å². The normalized spacial score (nSPS) is 13.0. The van der Waals surface area contributed by atoms with Crippen molar-refractivity contribution in [2.75, 3.05) is 6.54 Å². The first-order chi connectivity index (χ1) is 9.02. The third kappa shape index (κ3) is 6.11. The van der Waals surface area contributed by atoms with E-state index >= 15 is 0 Å². The zero-order valence-corrected chi connectivity index (χ0v) is 12.9. The van der Waals surface area contributed by atoms with Crippen LogP contribution < -0.4 is 10.5 Å². The van der Waals surface area contributed by atoms with Gasteiger partial charge in [-0.1, -0.05) is 32.4 Å². The van der Waals surface area contributed by atoms with E-state index in [9.17, 15) is 0 Å². The van der Waals surface area contributed by atoms with Gasteiger partial charge < -0.3 is 10.5 Å². The summed E-state index contributed by atoms with van der Waals surface area (Å²) in [5, 5.41) is 0. The molecule has 0 unspecified atom stereocenters. The summed E-state index contributed by atoms with van der Waals surface area (Å²) in [6.45, 7) is 9.41. The van der Waals surface area contributed by atoms with Gasteiger partial charge in [-0.05, 0) is 62.8 Å². The van der Waals surface area contributed by atoms with Crippen molar-refractivity contribution in [1.82, 2.24) is 0 Å². The van der Waals surface area contributed by atoms with Crippen molar-refractivity contribution in [3.63, 3.8) is 0 Å². The average Bonchev–Trinajstić information content (AvgIpc) is 2.34. The molecule has 0 aliphatic carbocycles. The molecule has 1 aromatic rings. The molecule has 0 aromatic heterocycles. The summed E-state index contributed by atoms with van der Waals surface area (Å²) >= 11 is 0. The maximum atomic E-state index is 5.74. The van der Waals surface area contributed by atoms with E-state index in [4.69, 9.17) is 10.5 Å². The van der Waals surface area contributed by atoms with Crippen molar-refractivity contribution in [2.45, 2.75) is 59.0 Å². The summed E-state index contributed by atoms with van der Waals surface area (Å²) in [7, 11) is 0. The van der Waals surface area contributed by atoms with Gasteiger partial charge in [0.05, 0.1) is 6.10 Å². The highest BCUT2D eigenvalue weighted by Gasteiger charge is 2.12. The van der Waals surface area contributed by atoms with Gasteiger partial charge in [0.15, 0.2) is 0 Å². The van der Waals surface area contributed by atoms with Gasteiger partial charge in [0.1, 0.15) is 5.75 Å². The molecule has 0 amide bonds. The van der Waals surface area contributed by atoms with Gasteiger partial charge in [-0.15, -0.1) is 0 Å². The first kappa shape index (κ1) is 16.0. The molecule has 0 heterocycles. The molecule has 108 valence electrons. The fraction of sp³-hybridized carbons (Fsp3) is 0.647. The molecule has 1 aromatic carbocycles. The highest BCUT2D eigenvalue weighted by molar-refractivity contribution is 5.29. The van der Waals surface area contributed by atoms with Crippen molar-refractivity contribution >= 4 is 0 Å². The Balaban J connectivity index is 2.67. The Hall–Kier alpha value is -1.02. The monoisotopic (exact) mass is 263 g/mol. The lowest BCUT2D eigenvalue weighted by Gasteiger charge is -2.18. The fourth-order valence-electron chi connectivity index (χ4n) is 2.30. The van der Waals surface area contributed by atoms with Crippen LogP contribution in [0.15, 0.2) is 24.3 Å². The Morgan fingerprint density at radius 1 is 0.947 bits per heavy atom. The van der Waals surface area contributed by atoms with Gasteiger partial charge in [-0.25, -0.2) is 0 Å². The Labute approximate surface area is 118 Å². The molecule has 0 bridgehead atoms. The second kappa shape index (κ2) is 8.21. The standard InChI is InChI=1S/C17H29NO/c1-13(2)5-6-16(11-12-18)15-7-9-17(10-8-15)19-14(3)4/h7-10,13-14,16H,5-6,11-12,18H2,1-4H3/t16-/m0/s1. The minimum Gasteiger partial charge on any atom is -0.491 e.